The van der Waals surface area contributed by atoms with E-state index in [1.54, 1.807) is 24.3 Å². The summed E-state index contributed by atoms with van der Waals surface area (Å²) in [7, 11) is 0.270. The van der Waals surface area contributed by atoms with E-state index in [1.165, 1.54) is 7.11 Å². The predicted octanol–water partition coefficient (Wildman–Crippen LogP) is 0.714. The van der Waals surface area contributed by atoms with Crippen molar-refractivity contribution in [1.29, 1.82) is 0 Å². The van der Waals surface area contributed by atoms with Gasteiger partial charge in [-0.2, -0.15) is 0 Å². The molecule has 0 aliphatic rings. The standard InChI is InChI=1S/C11H14O4S/c1-15-11(13)10-4-2-9(3-5-10)8-16(14)7-6-12/h2-5,12H,6-8H2,1H3. The van der Waals surface area contributed by atoms with Crippen molar-refractivity contribution < 1.29 is 18.8 Å². The smallest absolute Gasteiger partial charge is 0.337 e. The zero-order valence-electron chi connectivity index (χ0n) is 9.01. The number of hydrogen-bond donors (Lipinski definition) is 1. The Kier molecular flexibility index (Phi) is 5.14. The van der Waals surface area contributed by atoms with Gasteiger partial charge in [-0.15, -0.1) is 0 Å². The summed E-state index contributed by atoms with van der Waals surface area (Å²) in [4.78, 5) is 11.1. The van der Waals surface area contributed by atoms with Crippen LogP contribution in [0.2, 0.25) is 0 Å². The van der Waals surface area contributed by atoms with Crippen molar-refractivity contribution in [1.82, 2.24) is 0 Å². The monoisotopic (exact) mass is 242 g/mol. The molecule has 1 unspecified atom stereocenters. The largest absolute Gasteiger partial charge is 0.465 e. The highest BCUT2D eigenvalue weighted by Crippen LogP contribution is 2.08. The average molecular weight is 242 g/mol. The number of methoxy groups -OCH3 is 1. The van der Waals surface area contributed by atoms with E-state index in [0.717, 1.165) is 5.56 Å². The molecule has 0 bridgehead atoms. The Hall–Kier alpha value is -1.20. The third-order valence-corrected chi connectivity index (χ3v) is 3.31. The molecule has 1 aromatic carbocycles. The molecule has 0 saturated heterocycles. The maximum atomic E-state index is 11.3. The number of benzene rings is 1. The molecule has 0 spiro atoms. The number of ether oxygens (including phenoxy) is 1. The van der Waals surface area contributed by atoms with Gasteiger partial charge in [0.25, 0.3) is 0 Å². The van der Waals surface area contributed by atoms with Gasteiger partial charge < -0.3 is 9.84 Å². The van der Waals surface area contributed by atoms with E-state index >= 15 is 0 Å². The molecular weight excluding hydrogens is 228 g/mol. The van der Waals surface area contributed by atoms with Gasteiger partial charge in [0.05, 0.1) is 19.3 Å². The van der Waals surface area contributed by atoms with Crippen molar-refractivity contribution in [2.75, 3.05) is 19.5 Å². The van der Waals surface area contributed by atoms with Crippen molar-refractivity contribution in [3.63, 3.8) is 0 Å². The fourth-order valence-corrected chi connectivity index (χ4v) is 2.13. The fraction of sp³-hybridized carbons (Fsp3) is 0.364. The first-order valence-corrected chi connectivity index (χ1v) is 6.29. The van der Waals surface area contributed by atoms with Gasteiger partial charge in [0, 0.05) is 22.3 Å². The van der Waals surface area contributed by atoms with Crippen LogP contribution in [0.4, 0.5) is 0 Å². The normalized spacial score (nSPS) is 12.1. The molecule has 4 nitrogen and oxygen atoms in total. The van der Waals surface area contributed by atoms with Crippen LogP contribution >= 0.6 is 0 Å². The van der Waals surface area contributed by atoms with Gasteiger partial charge in [-0.1, -0.05) is 12.1 Å². The minimum absolute atomic E-state index is 0.0765. The van der Waals surface area contributed by atoms with E-state index in [4.69, 9.17) is 5.11 Å². The van der Waals surface area contributed by atoms with E-state index in [2.05, 4.69) is 4.74 Å². The van der Waals surface area contributed by atoms with Crippen LogP contribution in [-0.4, -0.2) is 34.8 Å². The van der Waals surface area contributed by atoms with Gasteiger partial charge in [-0.25, -0.2) is 4.79 Å². The topological polar surface area (TPSA) is 63.6 Å². The fourth-order valence-electron chi connectivity index (χ4n) is 1.21. The first-order valence-electron chi connectivity index (χ1n) is 4.80. The van der Waals surface area contributed by atoms with Gasteiger partial charge in [-0.05, 0) is 17.7 Å². The summed E-state index contributed by atoms with van der Waals surface area (Å²) in [6.45, 7) is -0.0765. The number of carbonyl (C=O) groups is 1. The Labute approximate surface area is 96.7 Å². The minimum Gasteiger partial charge on any atom is -0.465 e. The molecule has 0 aromatic heterocycles. The summed E-state index contributed by atoms with van der Waals surface area (Å²) in [5, 5.41) is 8.61. The Bertz CT molecular complexity index is 372. The lowest BCUT2D eigenvalue weighted by atomic mass is 10.1. The van der Waals surface area contributed by atoms with Crippen LogP contribution < -0.4 is 0 Å². The van der Waals surface area contributed by atoms with E-state index in [0.29, 0.717) is 11.3 Å². The number of esters is 1. The quantitative estimate of drug-likeness (QED) is 0.773. The molecular formula is C11H14O4S. The summed E-state index contributed by atoms with van der Waals surface area (Å²) in [6, 6.07) is 6.75. The van der Waals surface area contributed by atoms with Crippen molar-refractivity contribution in [2.24, 2.45) is 0 Å². The summed E-state index contributed by atoms with van der Waals surface area (Å²) in [5.74, 6) is 0.281. The van der Waals surface area contributed by atoms with E-state index in [1.807, 2.05) is 0 Å². The van der Waals surface area contributed by atoms with Crippen molar-refractivity contribution in [2.45, 2.75) is 5.75 Å². The zero-order valence-corrected chi connectivity index (χ0v) is 9.83. The van der Waals surface area contributed by atoms with Crippen molar-refractivity contribution >= 4 is 16.8 Å². The lowest BCUT2D eigenvalue weighted by Crippen LogP contribution is -2.05. The zero-order chi connectivity index (χ0) is 12.0. The molecule has 16 heavy (non-hydrogen) atoms. The first-order chi connectivity index (χ1) is 7.67. The average Bonchev–Trinajstić information content (AvgIpc) is 2.29. The molecule has 0 amide bonds. The van der Waals surface area contributed by atoms with Gasteiger partial charge in [0.1, 0.15) is 0 Å². The highest BCUT2D eigenvalue weighted by atomic mass is 32.2. The molecule has 1 N–H and O–H groups in total. The molecule has 1 rings (SSSR count). The number of aliphatic hydroxyl groups excluding tert-OH is 1. The first kappa shape index (κ1) is 12.9. The highest BCUT2D eigenvalue weighted by Gasteiger charge is 2.05. The van der Waals surface area contributed by atoms with Crippen LogP contribution in [0, 0.1) is 0 Å². The van der Waals surface area contributed by atoms with E-state index < -0.39 is 10.8 Å². The summed E-state index contributed by atoms with van der Waals surface area (Å²) >= 11 is 0. The second kappa shape index (κ2) is 6.40. The third kappa shape index (κ3) is 3.75. The number of aliphatic hydroxyl groups is 1. The number of carbonyl (C=O) groups excluding carboxylic acids is 1. The molecule has 88 valence electrons. The minimum atomic E-state index is -1.06. The molecule has 0 radical (unpaired) electrons. The van der Waals surface area contributed by atoms with Gasteiger partial charge >= 0.3 is 5.97 Å². The molecule has 1 atom stereocenters. The lowest BCUT2D eigenvalue weighted by Gasteiger charge is -2.02. The molecule has 0 heterocycles. The molecule has 0 saturated carbocycles. The van der Waals surface area contributed by atoms with Crippen LogP contribution in [-0.2, 0) is 21.3 Å². The maximum Gasteiger partial charge on any atom is 0.337 e. The molecule has 0 fully saturated rings. The summed E-state index contributed by atoms with van der Waals surface area (Å²) < 4.78 is 15.9. The number of rotatable bonds is 5. The second-order valence-electron chi connectivity index (χ2n) is 3.20. The lowest BCUT2D eigenvalue weighted by molar-refractivity contribution is 0.0600. The van der Waals surface area contributed by atoms with Gasteiger partial charge in [-0.3, -0.25) is 4.21 Å². The van der Waals surface area contributed by atoms with Crippen LogP contribution in [0.3, 0.4) is 0 Å². The van der Waals surface area contributed by atoms with Crippen LogP contribution in [0.25, 0.3) is 0 Å². The van der Waals surface area contributed by atoms with Crippen molar-refractivity contribution in [3.05, 3.63) is 35.4 Å². The second-order valence-corrected chi connectivity index (χ2v) is 4.78. The summed E-state index contributed by atoms with van der Waals surface area (Å²) in [5.41, 5.74) is 1.35. The Morgan fingerprint density at radius 2 is 2.00 bits per heavy atom. The molecule has 0 aliphatic heterocycles. The highest BCUT2D eigenvalue weighted by molar-refractivity contribution is 7.84. The predicted molar refractivity (Wildman–Crippen MR) is 61.6 cm³/mol. The third-order valence-electron chi connectivity index (χ3n) is 2.02. The Balaban J connectivity index is 2.64. The maximum absolute atomic E-state index is 11.3. The molecule has 1 aromatic rings. The van der Waals surface area contributed by atoms with Gasteiger partial charge in [0.15, 0.2) is 0 Å². The summed E-state index contributed by atoms with van der Waals surface area (Å²) in [6.07, 6.45) is 0. The van der Waals surface area contributed by atoms with Crippen LogP contribution in [0.1, 0.15) is 15.9 Å². The molecule has 5 heteroatoms. The Morgan fingerprint density at radius 1 is 1.38 bits per heavy atom. The van der Waals surface area contributed by atoms with Crippen molar-refractivity contribution in [3.8, 4) is 0 Å². The van der Waals surface area contributed by atoms with E-state index in [-0.39, 0.29) is 18.3 Å². The molecule has 0 aliphatic carbocycles. The number of hydrogen-bond acceptors (Lipinski definition) is 4. The van der Waals surface area contributed by atoms with Gasteiger partial charge in [0.2, 0.25) is 0 Å². The van der Waals surface area contributed by atoms with Crippen LogP contribution in [0.15, 0.2) is 24.3 Å². The SMILES string of the molecule is COC(=O)c1ccc(CS(=O)CCO)cc1. The Morgan fingerprint density at radius 3 is 2.50 bits per heavy atom. The van der Waals surface area contributed by atoms with E-state index in [9.17, 15) is 9.00 Å². The van der Waals surface area contributed by atoms with Crippen LogP contribution in [0.5, 0.6) is 0 Å².